The molecule has 0 heterocycles. The standard InChI is InChI=1S/C17H17N3O4/c1-11-15(5-4-6-16(11)20(22)23)17(21)19-18-12(2)13-7-9-14(24-3)10-8-13/h4-10H,1-3H3,(H,19,21)/b18-12-. The average Bonchev–Trinajstić information content (AvgIpc) is 2.59. The van der Waals surface area contributed by atoms with Crippen LogP contribution in [0, 0.1) is 17.0 Å². The summed E-state index contributed by atoms with van der Waals surface area (Å²) in [6.07, 6.45) is 0. The van der Waals surface area contributed by atoms with E-state index < -0.39 is 10.8 Å². The third-order valence-corrected chi connectivity index (χ3v) is 3.58. The molecule has 7 heteroatoms. The molecule has 0 aliphatic carbocycles. The Morgan fingerprint density at radius 3 is 2.46 bits per heavy atom. The number of carbonyl (C=O) groups is 1. The van der Waals surface area contributed by atoms with Gasteiger partial charge in [-0.1, -0.05) is 6.07 Å². The van der Waals surface area contributed by atoms with Gasteiger partial charge in [0, 0.05) is 11.6 Å². The molecule has 0 unspecified atom stereocenters. The van der Waals surface area contributed by atoms with Gasteiger partial charge in [0.25, 0.3) is 11.6 Å². The molecule has 0 spiro atoms. The highest BCUT2D eigenvalue weighted by atomic mass is 16.6. The van der Waals surface area contributed by atoms with Crippen molar-refractivity contribution in [3.63, 3.8) is 0 Å². The van der Waals surface area contributed by atoms with Gasteiger partial charge in [0.2, 0.25) is 0 Å². The van der Waals surface area contributed by atoms with E-state index in [0.29, 0.717) is 11.3 Å². The number of hydrazone groups is 1. The molecule has 0 saturated carbocycles. The zero-order valence-corrected chi connectivity index (χ0v) is 13.6. The van der Waals surface area contributed by atoms with Gasteiger partial charge in [0.15, 0.2) is 0 Å². The first-order chi connectivity index (χ1) is 11.4. The number of benzene rings is 2. The second kappa shape index (κ2) is 7.36. The van der Waals surface area contributed by atoms with E-state index in [1.807, 2.05) is 12.1 Å². The SMILES string of the molecule is COc1ccc(/C(C)=N\NC(=O)c2cccc([N+](=O)[O-])c2C)cc1. The summed E-state index contributed by atoms with van der Waals surface area (Å²) in [4.78, 5) is 22.6. The zero-order valence-electron chi connectivity index (χ0n) is 13.6. The van der Waals surface area contributed by atoms with Crippen LogP contribution in [-0.2, 0) is 0 Å². The van der Waals surface area contributed by atoms with Crippen molar-refractivity contribution in [3.05, 3.63) is 69.3 Å². The number of hydrogen-bond donors (Lipinski definition) is 1. The van der Waals surface area contributed by atoms with Gasteiger partial charge in [-0.3, -0.25) is 14.9 Å². The van der Waals surface area contributed by atoms with Crippen LogP contribution in [0.5, 0.6) is 5.75 Å². The predicted octanol–water partition coefficient (Wildman–Crippen LogP) is 3.07. The van der Waals surface area contributed by atoms with Crippen LogP contribution >= 0.6 is 0 Å². The fourth-order valence-electron chi connectivity index (χ4n) is 2.16. The van der Waals surface area contributed by atoms with Crippen molar-refractivity contribution in [1.29, 1.82) is 0 Å². The van der Waals surface area contributed by atoms with Gasteiger partial charge in [-0.25, -0.2) is 5.43 Å². The summed E-state index contributed by atoms with van der Waals surface area (Å²) in [5.74, 6) is 0.229. The third kappa shape index (κ3) is 3.75. The topological polar surface area (TPSA) is 93.8 Å². The molecule has 2 aromatic rings. The highest BCUT2D eigenvalue weighted by molar-refractivity contribution is 6.01. The number of amides is 1. The number of nitro benzene ring substituents is 1. The Hall–Kier alpha value is -3.22. The third-order valence-electron chi connectivity index (χ3n) is 3.58. The number of ether oxygens (including phenoxy) is 1. The van der Waals surface area contributed by atoms with Crippen LogP contribution in [-0.4, -0.2) is 23.7 Å². The van der Waals surface area contributed by atoms with Crippen molar-refractivity contribution in [1.82, 2.24) is 5.43 Å². The molecule has 0 aromatic heterocycles. The number of rotatable bonds is 5. The maximum absolute atomic E-state index is 12.2. The van der Waals surface area contributed by atoms with Crippen LogP contribution in [0.1, 0.15) is 28.4 Å². The fourth-order valence-corrected chi connectivity index (χ4v) is 2.16. The summed E-state index contributed by atoms with van der Waals surface area (Å²) in [6, 6.07) is 11.6. The first kappa shape index (κ1) is 17.1. The van der Waals surface area contributed by atoms with E-state index in [9.17, 15) is 14.9 Å². The lowest BCUT2D eigenvalue weighted by molar-refractivity contribution is -0.385. The van der Waals surface area contributed by atoms with Gasteiger partial charge < -0.3 is 4.74 Å². The second-order valence-electron chi connectivity index (χ2n) is 5.07. The summed E-state index contributed by atoms with van der Waals surface area (Å²) in [7, 11) is 1.58. The van der Waals surface area contributed by atoms with E-state index in [4.69, 9.17) is 4.74 Å². The van der Waals surface area contributed by atoms with E-state index in [-0.39, 0.29) is 11.3 Å². The first-order valence-corrected chi connectivity index (χ1v) is 7.17. The number of hydrogen-bond acceptors (Lipinski definition) is 5. The smallest absolute Gasteiger partial charge is 0.273 e. The Bertz CT molecular complexity index is 798. The van der Waals surface area contributed by atoms with Crippen molar-refractivity contribution in [2.24, 2.45) is 5.10 Å². The van der Waals surface area contributed by atoms with E-state index >= 15 is 0 Å². The molecular weight excluding hydrogens is 310 g/mol. The number of nitrogens with zero attached hydrogens (tertiary/aromatic N) is 2. The molecule has 0 fully saturated rings. The van der Waals surface area contributed by atoms with E-state index in [1.165, 1.54) is 25.1 Å². The largest absolute Gasteiger partial charge is 0.497 e. The van der Waals surface area contributed by atoms with E-state index in [0.717, 1.165) is 11.3 Å². The van der Waals surface area contributed by atoms with Crippen LogP contribution in [0.2, 0.25) is 0 Å². The lowest BCUT2D eigenvalue weighted by Crippen LogP contribution is -2.20. The molecule has 0 saturated heterocycles. The maximum Gasteiger partial charge on any atom is 0.273 e. The molecule has 0 aliphatic rings. The predicted molar refractivity (Wildman–Crippen MR) is 90.5 cm³/mol. The molecule has 2 rings (SSSR count). The second-order valence-corrected chi connectivity index (χ2v) is 5.07. The minimum atomic E-state index is -0.516. The molecule has 124 valence electrons. The Labute approximate surface area is 139 Å². The van der Waals surface area contributed by atoms with Crippen molar-refractivity contribution in [2.45, 2.75) is 13.8 Å². The first-order valence-electron chi connectivity index (χ1n) is 7.17. The van der Waals surface area contributed by atoms with Crippen molar-refractivity contribution in [2.75, 3.05) is 7.11 Å². The van der Waals surface area contributed by atoms with Crippen LogP contribution < -0.4 is 10.2 Å². The molecule has 1 amide bonds. The van der Waals surface area contributed by atoms with E-state index in [2.05, 4.69) is 10.5 Å². The quantitative estimate of drug-likeness (QED) is 0.519. The maximum atomic E-state index is 12.2. The van der Waals surface area contributed by atoms with Crippen molar-refractivity contribution >= 4 is 17.3 Å². The Kier molecular flexibility index (Phi) is 5.26. The van der Waals surface area contributed by atoms with Crippen LogP contribution in [0.4, 0.5) is 5.69 Å². The van der Waals surface area contributed by atoms with Crippen molar-refractivity contribution in [3.8, 4) is 5.75 Å². The van der Waals surface area contributed by atoms with Crippen LogP contribution in [0.15, 0.2) is 47.6 Å². The molecule has 0 radical (unpaired) electrons. The van der Waals surface area contributed by atoms with Crippen LogP contribution in [0.3, 0.4) is 0 Å². The van der Waals surface area contributed by atoms with Gasteiger partial charge in [0.05, 0.1) is 23.3 Å². The molecule has 0 bridgehead atoms. The lowest BCUT2D eigenvalue weighted by Gasteiger charge is -2.06. The average molecular weight is 327 g/mol. The molecule has 1 N–H and O–H groups in total. The Morgan fingerprint density at radius 2 is 1.88 bits per heavy atom. The highest BCUT2D eigenvalue weighted by Gasteiger charge is 2.17. The van der Waals surface area contributed by atoms with Crippen molar-refractivity contribution < 1.29 is 14.5 Å². The van der Waals surface area contributed by atoms with Gasteiger partial charge in [-0.15, -0.1) is 0 Å². The summed E-state index contributed by atoms with van der Waals surface area (Å²) in [5, 5.41) is 15.0. The highest BCUT2D eigenvalue weighted by Crippen LogP contribution is 2.21. The minimum absolute atomic E-state index is 0.0986. The Balaban J connectivity index is 2.17. The zero-order chi connectivity index (χ0) is 17.7. The molecule has 0 atom stereocenters. The summed E-state index contributed by atoms with van der Waals surface area (Å²) >= 11 is 0. The van der Waals surface area contributed by atoms with Crippen LogP contribution in [0.25, 0.3) is 0 Å². The Morgan fingerprint density at radius 1 is 1.21 bits per heavy atom. The normalized spacial score (nSPS) is 11.0. The molecule has 2 aromatic carbocycles. The van der Waals surface area contributed by atoms with Gasteiger partial charge in [-0.2, -0.15) is 5.10 Å². The number of nitrogens with one attached hydrogen (secondary N) is 1. The minimum Gasteiger partial charge on any atom is -0.497 e. The van der Waals surface area contributed by atoms with E-state index in [1.54, 1.807) is 26.2 Å². The molecule has 24 heavy (non-hydrogen) atoms. The number of carbonyl (C=O) groups excluding carboxylic acids is 1. The molecule has 0 aliphatic heterocycles. The lowest BCUT2D eigenvalue weighted by atomic mass is 10.1. The monoisotopic (exact) mass is 327 g/mol. The fraction of sp³-hybridized carbons (Fsp3) is 0.176. The van der Waals surface area contributed by atoms with Gasteiger partial charge in [-0.05, 0) is 49.7 Å². The number of methoxy groups -OCH3 is 1. The summed E-state index contributed by atoms with van der Waals surface area (Å²) < 4.78 is 5.08. The number of nitro groups is 1. The van der Waals surface area contributed by atoms with Gasteiger partial charge >= 0.3 is 0 Å². The molecular formula is C17H17N3O4. The van der Waals surface area contributed by atoms with Gasteiger partial charge in [0.1, 0.15) is 5.75 Å². The molecule has 7 nitrogen and oxygen atoms in total. The summed E-state index contributed by atoms with van der Waals surface area (Å²) in [5.41, 5.74) is 4.28. The summed E-state index contributed by atoms with van der Waals surface area (Å²) in [6.45, 7) is 3.29.